The van der Waals surface area contributed by atoms with Gasteiger partial charge in [-0.05, 0) is 26.2 Å². The Morgan fingerprint density at radius 2 is 1.45 bits per heavy atom. The number of nitrogens with two attached hydrogens (primary N) is 1. The minimum atomic E-state index is -0.970. The van der Waals surface area contributed by atoms with E-state index in [4.69, 9.17) is 11.1 Å². The van der Waals surface area contributed by atoms with Gasteiger partial charge in [-0.15, -0.1) is 0 Å². The van der Waals surface area contributed by atoms with Gasteiger partial charge in [0, 0.05) is 19.5 Å². The molecule has 0 aliphatic carbocycles. The summed E-state index contributed by atoms with van der Waals surface area (Å²) in [6, 6.07) is -0.811. The van der Waals surface area contributed by atoms with Crippen molar-refractivity contribution in [2.75, 3.05) is 13.1 Å². The van der Waals surface area contributed by atoms with Crippen molar-refractivity contribution in [3.8, 4) is 0 Å². The molecule has 0 saturated heterocycles. The van der Waals surface area contributed by atoms with Gasteiger partial charge in [-0.3, -0.25) is 10.2 Å². The maximum absolute atomic E-state index is 12.5. The van der Waals surface area contributed by atoms with Gasteiger partial charge in [0.2, 0.25) is 5.91 Å². The first kappa shape index (κ1) is 27.2. The monoisotopic (exact) mass is 412 g/mol. The first-order valence-corrected chi connectivity index (χ1v) is 11.5. The third kappa shape index (κ3) is 14.8. The maximum Gasteiger partial charge on any atom is 0.326 e. The molecule has 7 heteroatoms. The molecule has 0 heterocycles. The van der Waals surface area contributed by atoms with Gasteiger partial charge >= 0.3 is 5.97 Å². The highest BCUT2D eigenvalue weighted by Gasteiger charge is 2.27. The van der Waals surface area contributed by atoms with Gasteiger partial charge in [-0.25, -0.2) is 4.79 Å². The number of nitrogens with one attached hydrogen (secondary N) is 2. The normalized spacial score (nSPS) is 11.8. The molecule has 0 spiro atoms. The van der Waals surface area contributed by atoms with Crippen LogP contribution in [0.25, 0.3) is 0 Å². The molecule has 0 aliphatic rings. The molecule has 0 rings (SSSR count). The van der Waals surface area contributed by atoms with E-state index in [0.717, 1.165) is 19.3 Å². The highest BCUT2D eigenvalue weighted by molar-refractivity contribution is 5.83. The van der Waals surface area contributed by atoms with E-state index in [1.165, 1.54) is 56.3 Å². The van der Waals surface area contributed by atoms with E-state index in [1.54, 1.807) is 0 Å². The van der Waals surface area contributed by atoms with Gasteiger partial charge in [0.15, 0.2) is 5.96 Å². The minimum Gasteiger partial charge on any atom is -0.480 e. The Balaban J connectivity index is 4.01. The van der Waals surface area contributed by atoms with E-state index in [2.05, 4.69) is 12.2 Å². The first-order valence-electron chi connectivity index (χ1n) is 11.5. The van der Waals surface area contributed by atoms with Crippen molar-refractivity contribution in [2.24, 2.45) is 5.73 Å². The van der Waals surface area contributed by atoms with E-state index in [0.29, 0.717) is 32.4 Å². The van der Waals surface area contributed by atoms with Crippen molar-refractivity contribution >= 4 is 17.8 Å². The third-order valence-electron chi connectivity index (χ3n) is 5.29. The van der Waals surface area contributed by atoms with Crippen LogP contribution in [-0.4, -0.2) is 47.0 Å². The Hall–Kier alpha value is -1.79. The number of aliphatic carboxylic acids is 1. The topological polar surface area (TPSA) is 120 Å². The number of unbranched alkanes of at least 4 members (excludes halogenated alkanes) is 10. The zero-order valence-electron chi connectivity index (χ0n) is 18.7. The average molecular weight is 413 g/mol. The lowest BCUT2D eigenvalue weighted by Gasteiger charge is -2.28. The van der Waals surface area contributed by atoms with Crippen LogP contribution in [0.15, 0.2) is 0 Å². The summed E-state index contributed by atoms with van der Waals surface area (Å²) < 4.78 is 0. The average Bonchev–Trinajstić information content (AvgIpc) is 2.67. The lowest BCUT2D eigenvalue weighted by atomic mass is 10.0. The van der Waals surface area contributed by atoms with Crippen LogP contribution in [0.3, 0.4) is 0 Å². The van der Waals surface area contributed by atoms with Crippen LogP contribution in [0.5, 0.6) is 0 Å². The summed E-state index contributed by atoms with van der Waals surface area (Å²) >= 11 is 0. The summed E-state index contributed by atoms with van der Waals surface area (Å²) in [4.78, 5) is 25.6. The van der Waals surface area contributed by atoms with Crippen molar-refractivity contribution in [3.63, 3.8) is 0 Å². The Bertz CT molecular complexity index is 457. The SMILES string of the molecule is CCCCCCCCCCCCCC(=O)N(CC)C(CCCNC(=N)N)C(=O)O. The van der Waals surface area contributed by atoms with Crippen molar-refractivity contribution < 1.29 is 14.7 Å². The summed E-state index contributed by atoms with van der Waals surface area (Å²) in [6.45, 7) is 4.89. The number of rotatable bonds is 19. The van der Waals surface area contributed by atoms with Gasteiger partial charge in [0.05, 0.1) is 0 Å². The lowest BCUT2D eigenvalue weighted by molar-refractivity contribution is -0.150. The van der Waals surface area contributed by atoms with E-state index < -0.39 is 12.0 Å². The molecule has 1 atom stereocenters. The second-order valence-electron chi connectivity index (χ2n) is 7.80. The highest BCUT2D eigenvalue weighted by atomic mass is 16.4. The minimum absolute atomic E-state index is 0.0737. The van der Waals surface area contributed by atoms with Crippen molar-refractivity contribution in [2.45, 2.75) is 110 Å². The zero-order chi connectivity index (χ0) is 21.9. The molecule has 170 valence electrons. The Morgan fingerprint density at radius 3 is 1.90 bits per heavy atom. The van der Waals surface area contributed by atoms with Crippen LogP contribution in [-0.2, 0) is 9.59 Å². The first-order chi connectivity index (χ1) is 13.9. The van der Waals surface area contributed by atoms with Gasteiger partial charge in [-0.2, -0.15) is 0 Å². The fraction of sp³-hybridized carbons (Fsp3) is 0.864. The Kier molecular flexibility index (Phi) is 17.1. The van der Waals surface area contributed by atoms with Crippen LogP contribution in [0.2, 0.25) is 0 Å². The molecule has 1 unspecified atom stereocenters. The molecule has 0 bridgehead atoms. The Morgan fingerprint density at radius 1 is 0.931 bits per heavy atom. The van der Waals surface area contributed by atoms with Gasteiger partial charge in [0.25, 0.3) is 0 Å². The standard InChI is InChI=1S/C22H44N4O3/c1-3-5-6-7-8-9-10-11-12-13-14-17-20(27)26(4-2)19(21(28)29)16-15-18-25-22(23)24/h19H,3-18H2,1-2H3,(H,28,29)(H4,23,24,25). The molecule has 7 nitrogen and oxygen atoms in total. The quantitative estimate of drug-likeness (QED) is 0.144. The number of hydrogen-bond acceptors (Lipinski definition) is 3. The molecule has 1 amide bonds. The predicted molar refractivity (Wildman–Crippen MR) is 119 cm³/mol. The number of guanidine groups is 1. The fourth-order valence-corrected chi connectivity index (χ4v) is 3.59. The van der Waals surface area contributed by atoms with Gasteiger partial charge < -0.3 is 21.1 Å². The molecule has 29 heavy (non-hydrogen) atoms. The summed E-state index contributed by atoms with van der Waals surface area (Å²) in [6.07, 6.45) is 14.8. The zero-order valence-corrected chi connectivity index (χ0v) is 18.7. The number of amides is 1. The predicted octanol–water partition coefficient (Wildman–Crippen LogP) is 4.25. The number of carboxylic acids is 1. The van der Waals surface area contributed by atoms with E-state index in [9.17, 15) is 14.7 Å². The summed E-state index contributed by atoms with van der Waals surface area (Å²) in [5.41, 5.74) is 5.23. The van der Waals surface area contributed by atoms with E-state index >= 15 is 0 Å². The smallest absolute Gasteiger partial charge is 0.326 e. The number of carbonyl (C=O) groups excluding carboxylic acids is 1. The molecule has 0 aromatic heterocycles. The maximum atomic E-state index is 12.5. The second kappa shape index (κ2) is 18.3. The second-order valence-corrected chi connectivity index (χ2v) is 7.80. The molecule has 0 aromatic carbocycles. The number of hydrogen-bond donors (Lipinski definition) is 4. The highest BCUT2D eigenvalue weighted by Crippen LogP contribution is 2.14. The van der Waals surface area contributed by atoms with Crippen molar-refractivity contribution in [3.05, 3.63) is 0 Å². The Labute approximate surface area is 177 Å². The van der Waals surface area contributed by atoms with Crippen LogP contribution >= 0.6 is 0 Å². The van der Waals surface area contributed by atoms with Crippen molar-refractivity contribution in [1.82, 2.24) is 10.2 Å². The molecular formula is C22H44N4O3. The van der Waals surface area contributed by atoms with Crippen LogP contribution in [0.4, 0.5) is 0 Å². The number of likely N-dealkylation sites (N-methyl/N-ethyl adjacent to an activating group) is 1. The lowest BCUT2D eigenvalue weighted by Crippen LogP contribution is -2.45. The molecule has 5 N–H and O–H groups in total. The van der Waals surface area contributed by atoms with Gasteiger partial charge in [-0.1, -0.05) is 71.1 Å². The largest absolute Gasteiger partial charge is 0.480 e. The van der Waals surface area contributed by atoms with E-state index in [1.807, 2.05) is 6.92 Å². The molecule has 0 radical (unpaired) electrons. The van der Waals surface area contributed by atoms with Crippen molar-refractivity contribution in [1.29, 1.82) is 5.41 Å². The molecular weight excluding hydrogens is 368 g/mol. The summed E-state index contributed by atoms with van der Waals surface area (Å²) in [5.74, 6) is -1.17. The number of carboxylic acid groups (broad SMARTS) is 1. The number of nitrogens with zero attached hydrogens (tertiary/aromatic N) is 1. The van der Waals surface area contributed by atoms with Crippen LogP contribution in [0, 0.1) is 5.41 Å². The summed E-state index contributed by atoms with van der Waals surface area (Å²) in [5, 5.41) is 19.3. The fourth-order valence-electron chi connectivity index (χ4n) is 3.59. The molecule has 0 fully saturated rings. The van der Waals surface area contributed by atoms with E-state index in [-0.39, 0.29) is 11.9 Å². The molecule has 0 aromatic rings. The summed E-state index contributed by atoms with van der Waals surface area (Å²) in [7, 11) is 0. The molecule has 0 aliphatic heterocycles. The number of carbonyl (C=O) groups is 2. The molecule has 0 saturated carbocycles. The third-order valence-corrected chi connectivity index (χ3v) is 5.29. The van der Waals surface area contributed by atoms with Crippen LogP contribution in [0.1, 0.15) is 104 Å². The van der Waals surface area contributed by atoms with Crippen LogP contribution < -0.4 is 11.1 Å². The van der Waals surface area contributed by atoms with Gasteiger partial charge in [0.1, 0.15) is 6.04 Å².